The summed E-state index contributed by atoms with van der Waals surface area (Å²) in [6, 6.07) is 3.31. The summed E-state index contributed by atoms with van der Waals surface area (Å²) in [5.41, 5.74) is 0.0577. The zero-order valence-corrected chi connectivity index (χ0v) is 19.0. The van der Waals surface area contributed by atoms with Gasteiger partial charge in [-0.2, -0.15) is 0 Å². The quantitative estimate of drug-likeness (QED) is 0.395. The van der Waals surface area contributed by atoms with Crippen molar-refractivity contribution in [2.24, 2.45) is 11.3 Å². The number of halogens is 1. The first-order chi connectivity index (χ1) is 14.9. The van der Waals surface area contributed by atoms with Gasteiger partial charge in [0.15, 0.2) is 17.0 Å². The van der Waals surface area contributed by atoms with Crippen LogP contribution < -0.4 is 10.6 Å². The Morgan fingerprint density at radius 2 is 2.13 bits per heavy atom. The van der Waals surface area contributed by atoms with Gasteiger partial charge in [-0.25, -0.2) is 15.0 Å². The Hall–Kier alpha value is -2.52. The largest absolute Gasteiger partial charge is 0.389 e. The van der Waals surface area contributed by atoms with Gasteiger partial charge in [0.25, 0.3) is 0 Å². The Morgan fingerprint density at radius 3 is 2.81 bits per heavy atom. The van der Waals surface area contributed by atoms with E-state index in [-0.39, 0.29) is 11.8 Å². The number of imidazole rings is 1. The molecule has 2 fully saturated rings. The van der Waals surface area contributed by atoms with Crippen LogP contribution in [0.25, 0.3) is 11.2 Å². The summed E-state index contributed by atoms with van der Waals surface area (Å²) in [6.45, 7) is 0. The zero-order valence-electron chi connectivity index (χ0n) is 16.6. The Kier molecular flexibility index (Phi) is 4.78. The number of aromatic nitrogens is 4. The van der Waals surface area contributed by atoms with Gasteiger partial charge >= 0.3 is 0 Å². The highest BCUT2D eigenvalue weighted by Crippen LogP contribution is 2.67. The lowest BCUT2D eigenvalue weighted by Crippen LogP contribution is -2.41. The molecule has 0 saturated heterocycles. The standard InChI is InChI=1S/C20H19BrN6O3S/c1-22-17-13-18(26-12(25-17)6-4-9-3-5-11(21)31-9)27(8-24-13)14-10-7-20(10,19(30)23-2)16(29)15(14)28/h3,5,8,10,14-16,28-29H,7H2,1-2H3,(H,23,30)(H,22,25,26)/t10?,14-,15+,16?,20-/m1/s1. The van der Waals surface area contributed by atoms with Crippen LogP contribution in [0.15, 0.2) is 22.2 Å². The summed E-state index contributed by atoms with van der Waals surface area (Å²) < 4.78 is 2.72. The lowest BCUT2D eigenvalue weighted by molar-refractivity contribution is -0.132. The van der Waals surface area contributed by atoms with E-state index < -0.39 is 23.7 Å². The molecule has 11 heteroatoms. The van der Waals surface area contributed by atoms with Gasteiger partial charge in [0, 0.05) is 20.0 Å². The number of hydrogen-bond donors (Lipinski definition) is 4. The van der Waals surface area contributed by atoms with E-state index in [0.29, 0.717) is 29.2 Å². The lowest BCUT2D eigenvalue weighted by atomic mass is 9.98. The van der Waals surface area contributed by atoms with E-state index in [1.54, 1.807) is 17.9 Å². The fourth-order valence-electron chi connectivity index (χ4n) is 4.65. The van der Waals surface area contributed by atoms with Crippen LogP contribution in [-0.2, 0) is 4.79 Å². The molecular weight excluding hydrogens is 484 g/mol. The number of carbonyl (C=O) groups excluding carboxylic acids is 1. The number of nitrogens with zero attached hydrogens (tertiary/aromatic N) is 4. The molecule has 0 radical (unpaired) electrons. The predicted molar refractivity (Wildman–Crippen MR) is 119 cm³/mol. The van der Waals surface area contributed by atoms with E-state index in [0.717, 1.165) is 8.66 Å². The second-order valence-electron chi connectivity index (χ2n) is 7.68. The SMILES string of the molecule is CNC(=O)[C@]12CC1[C@@H](n1cnc3c(NC)nc(C#Cc4ccc(Br)s4)nc31)[C@H](O)C2O. The molecule has 0 spiro atoms. The van der Waals surface area contributed by atoms with Crippen molar-refractivity contribution in [2.75, 3.05) is 19.4 Å². The third kappa shape index (κ3) is 2.97. The molecule has 31 heavy (non-hydrogen) atoms. The predicted octanol–water partition coefficient (Wildman–Crippen LogP) is 1.12. The Balaban J connectivity index is 1.58. The molecule has 0 aromatic carbocycles. The fourth-order valence-corrected chi connectivity index (χ4v) is 5.89. The monoisotopic (exact) mass is 502 g/mol. The molecule has 0 bridgehead atoms. The topological polar surface area (TPSA) is 125 Å². The summed E-state index contributed by atoms with van der Waals surface area (Å²) in [7, 11) is 3.27. The number of aliphatic hydroxyl groups excluding tert-OH is 2. The number of anilines is 1. The number of fused-ring (bicyclic) bond motifs is 2. The maximum atomic E-state index is 12.4. The van der Waals surface area contributed by atoms with Crippen LogP contribution in [0.2, 0.25) is 0 Å². The Bertz CT molecular complexity index is 1260. The normalized spacial score (nSPS) is 28.7. The van der Waals surface area contributed by atoms with Crippen LogP contribution in [0.3, 0.4) is 0 Å². The molecule has 2 aliphatic rings. The Labute approximate surface area is 190 Å². The number of thiophene rings is 1. The summed E-state index contributed by atoms with van der Waals surface area (Å²) >= 11 is 4.93. The van der Waals surface area contributed by atoms with Crippen LogP contribution in [0.5, 0.6) is 0 Å². The average Bonchev–Trinajstić information content (AvgIpc) is 3.02. The van der Waals surface area contributed by atoms with Gasteiger partial charge in [0.1, 0.15) is 6.10 Å². The van der Waals surface area contributed by atoms with Crippen molar-refractivity contribution in [1.82, 2.24) is 24.8 Å². The fraction of sp³-hybridized carbons (Fsp3) is 0.400. The highest BCUT2D eigenvalue weighted by molar-refractivity contribution is 9.11. The molecule has 0 aliphatic heterocycles. The molecule has 5 atom stereocenters. The third-order valence-electron chi connectivity index (χ3n) is 6.17. The minimum Gasteiger partial charge on any atom is -0.389 e. The van der Waals surface area contributed by atoms with Crippen molar-refractivity contribution in [3.8, 4) is 11.8 Å². The first kappa shape index (κ1) is 20.4. The molecule has 2 aliphatic carbocycles. The van der Waals surface area contributed by atoms with E-state index >= 15 is 0 Å². The minimum atomic E-state index is -1.15. The molecule has 3 aromatic heterocycles. The van der Waals surface area contributed by atoms with Gasteiger partial charge in [-0.15, -0.1) is 11.3 Å². The minimum absolute atomic E-state index is 0.208. The second-order valence-corrected chi connectivity index (χ2v) is 10.1. The van der Waals surface area contributed by atoms with Gasteiger partial charge in [0.2, 0.25) is 11.7 Å². The molecule has 4 N–H and O–H groups in total. The molecular formula is C20H19BrN6O3S. The molecule has 160 valence electrons. The maximum Gasteiger partial charge on any atom is 0.229 e. The van der Waals surface area contributed by atoms with Crippen LogP contribution >= 0.6 is 27.3 Å². The molecule has 2 saturated carbocycles. The number of rotatable bonds is 3. The summed E-state index contributed by atoms with van der Waals surface area (Å²) in [6.07, 6.45) is -0.187. The molecule has 2 unspecified atom stereocenters. The van der Waals surface area contributed by atoms with Gasteiger partial charge in [-0.05, 0) is 46.3 Å². The van der Waals surface area contributed by atoms with Crippen LogP contribution in [0.1, 0.15) is 23.2 Å². The van der Waals surface area contributed by atoms with Crippen LogP contribution in [-0.4, -0.2) is 61.9 Å². The number of aliphatic hydroxyl groups is 2. The van der Waals surface area contributed by atoms with Crippen LogP contribution in [0.4, 0.5) is 5.82 Å². The first-order valence-corrected chi connectivity index (χ1v) is 11.3. The van der Waals surface area contributed by atoms with Crippen molar-refractivity contribution in [1.29, 1.82) is 0 Å². The van der Waals surface area contributed by atoms with Crippen molar-refractivity contribution < 1.29 is 15.0 Å². The van der Waals surface area contributed by atoms with E-state index in [4.69, 9.17) is 0 Å². The van der Waals surface area contributed by atoms with Gasteiger partial charge in [-0.1, -0.05) is 0 Å². The van der Waals surface area contributed by atoms with Crippen molar-refractivity contribution >= 4 is 50.2 Å². The summed E-state index contributed by atoms with van der Waals surface area (Å²) in [5.74, 6) is 6.40. The third-order valence-corrected chi connectivity index (χ3v) is 7.71. The number of carbonyl (C=O) groups is 1. The van der Waals surface area contributed by atoms with Crippen LogP contribution in [0, 0.1) is 23.2 Å². The van der Waals surface area contributed by atoms with Gasteiger partial charge in [0.05, 0.1) is 32.6 Å². The van der Waals surface area contributed by atoms with Gasteiger partial charge in [-0.3, -0.25) is 4.79 Å². The summed E-state index contributed by atoms with van der Waals surface area (Å²) in [4.78, 5) is 26.8. The van der Waals surface area contributed by atoms with E-state index in [1.165, 1.54) is 18.4 Å². The maximum absolute atomic E-state index is 12.4. The molecule has 3 aromatic rings. The van der Waals surface area contributed by atoms with Gasteiger partial charge < -0.3 is 25.4 Å². The zero-order chi connectivity index (χ0) is 21.9. The molecule has 3 heterocycles. The van der Waals surface area contributed by atoms with Crippen molar-refractivity contribution in [3.05, 3.63) is 32.9 Å². The smallest absolute Gasteiger partial charge is 0.229 e. The highest BCUT2D eigenvalue weighted by atomic mass is 79.9. The summed E-state index contributed by atoms with van der Waals surface area (Å²) in [5, 5.41) is 27.1. The molecule has 1 amide bonds. The molecule has 5 rings (SSSR count). The Morgan fingerprint density at radius 1 is 1.32 bits per heavy atom. The molecule has 9 nitrogen and oxygen atoms in total. The number of nitrogens with one attached hydrogen (secondary N) is 2. The van der Waals surface area contributed by atoms with E-state index in [9.17, 15) is 15.0 Å². The lowest BCUT2D eigenvalue weighted by Gasteiger charge is -2.23. The average molecular weight is 503 g/mol. The van der Waals surface area contributed by atoms with Crippen molar-refractivity contribution in [3.63, 3.8) is 0 Å². The second kappa shape index (κ2) is 7.27. The van der Waals surface area contributed by atoms with Crippen molar-refractivity contribution in [2.45, 2.75) is 24.7 Å². The van der Waals surface area contributed by atoms with E-state index in [2.05, 4.69) is 53.4 Å². The number of hydrogen-bond acceptors (Lipinski definition) is 8. The first-order valence-electron chi connectivity index (χ1n) is 9.68. The van der Waals surface area contributed by atoms with E-state index in [1.807, 2.05) is 12.1 Å². The highest BCUT2D eigenvalue weighted by Gasteiger charge is 2.75. The number of amides is 1.